The Kier molecular flexibility index (Phi) is 4.99. The number of likely N-dealkylation sites (tertiary alicyclic amines) is 1. The van der Waals surface area contributed by atoms with Crippen LogP contribution in [0.4, 0.5) is 4.79 Å². The maximum Gasteiger partial charge on any atom is 0.410 e. The Labute approximate surface area is 162 Å². The zero-order valence-corrected chi connectivity index (χ0v) is 15.9. The van der Waals surface area contributed by atoms with Crippen LogP contribution < -0.4 is 0 Å². The first-order valence-corrected chi connectivity index (χ1v) is 9.50. The molecule has 6 nitrogen and oxygen atoms in total. The molecule has 0 bridgehead atoms. The molecule has 0 unspecified atom stereocenters. The molecular weight excluding hydrogens is 364 g/mol. The normalized spacial score (nSPS) is 17.3. The summed E-state index contributed by atoms with van der Waals surface area (Å²) in [7, 11) is 0. The number of aryl methyl sites for hydroxylation is 1. The second-order valence-electron chi connectivity index (χ2n) is 6.80. The molecule has 3 heterocycles. The standard InChI is InChI=1S/C20H21ClN4O2/c1-14-11-18(21)22-19-12-16(23-25(14)19)17-9-5-6-10-24(17)20(26)27-13-15-7-3-2-4-8-15/h2-4,7-8,11-12,17H,5-6,9-10,13H2,1H3/t17-/m0/s1. The summed E-state index contributed by atoms with van der Waals surface area (Å²) in [6.07, 6.45) is 2.57. The van der Waals surface area contributed by atoms with Gasteiger partial charge < -0.3 is 4.74 Å². The Hall–Kier alpha value is -2.60. The van der Waals surface area contributed by atoms with Crippen molar-refractivity contribution < 1.29 is 9.53 Å². The summed E-state index contributed by atoms with van der Waals surface area (Å²) >= 11 is 6.06. The van der Waals surface area contributed by atoms with Crippen molar-refractivity contribution in [3.63, 3.8) is 0 Å². The minimum absolute atomic E-state index is 0.109. The molecule has 0 N–H and O–H groups in total. The number of carbonyl (C=O) groups is 1. The molecular formula is C20H21ClN4O2. The van der Waals surface area contributed by atoms with Gasteiger partial charge in [0.2, 0.25) is 0 Å². The lowest BCUT2D eigenvalue weighted by Gasteiger charge is -2.33. The SMILES string of the molecule is Cc1cc(Cl)nc2cc([C@@H]3CCCCN3C(=O)OCc3ccccc3)nn12. The third-order valence-electron chi connectivity index (χ3n) is 4.88. The van der Waals surface area contributed by atoms with Gasteiger partial charge in [0.25, 0.3) is 0 Å². The third-order valence-corrected chi connectivity index (χ3v) is 5.07. The Bertz CT molecular complexity index is 957. The van der Waals surface area contributed by atoms with Gasteiger partial charge in [0.1, 0.15) is 11.8 Å². The van der Waals surface area contributed by atoms with Crippen LogP contribution in [0.3, 0.4) is 0 Å². The number of piperidine rings is 1. The van der Waals surface area contributed by atoms with E-state index in [0.717, 1.165) is 36.2 Å². The van der Waals surface area contributed by atoms with Crippen LogP contribution in [-0.2, 0) is 11.3 Å². The molecule has 0 spiro atoms. The number of carbonyl (C=O) groups excluding carboxylic acids is 1. The molecule has 3 aromatic rings. The number of benzene rings is 1. The number of aromatic nitrogens is 3. The highest BCUT2D eigenvalue weighted by molar-refractivity contribution is 6.29. The maximum absolute atomic E-state index is 12.7. The molecule has 140 valence electrons. The number of fused-ring (bicyclic) bond motifs is 1. The number of nitrogens with zero attached hydrogens (tertiary/aromatic N) is 4. The van der Waals surface area contributed by atoms with E-state index in [1.165, 1.54) is 0 Å². The Morgan fingerprint density at radius 3 is 2.89 bits per heavy atom. The van der Waals surface area contributed by atoms with Gasteiger partial charge in [0.05, 0.1) is 11.7 Å². The van der Waals surface area contributed by atoms with Crippen molar-refractivity contribution in [1.29, 1.82) is 0 Å². The zero-order valence-electron chi connectivity index (χ0n) is 15.1. The molecule has 0 aliphatic carbocycles. The first-order valence-electron chi connectivity index (χ1n) is 9.12. The largest absolute Gasteiger partial charge is 0.445 e. The predicted molar refractivity (Wildman–Crippen MR) is 103 cm³/mol. The highest BCUT2D eigenvalue weighted by Gasteiger charge is 2.31. The minimum atomic E-state index is -0.302. The summed E-state index contributed by atoms with van der Waals surface area (Å²) < 4.78 is 7.32. The van der Waals surface area contributed by atoms with E-state index in [1.807, 2.05) is 43.3 Å². The number of rotatable bonds is 3. The molecule has 7 heteroatoms. The van der Waals surface area contributed by atoms with Crippen LogP contribution in [-0.4, -0.2) is 32.1 Å². The van der Waals surface area contributed by atoms with Crippen molar-refractivity contribution in [3.8, 4) is 0 Å². The Morgan fingerprint density at radius 2 is 2.07 bits per heavy atom. The van der Waals surface area contributed by atoms with E-state index in [1.54, 1.807) is 15.5 Å². The lowest BCUT2D eigenvalue weighted by Crippen LogP contribution is -2.39. The molecule has 1 atom stereocenters. The van der Waals surface area contributed by atoms with Crippen molar-refractivity contribution in [2.24, 2.45) is 0 Å². The van der Waals surface area contributed by atoms with Gasteiger partial charge in [0.15, 0.2) is 5.65 Å². The molecule has 1 aromatic carbocycles. The summed E-state index contributed by atoms with van der Waals surface area (Å²) in [5.41, 5.74) is 3.40. The van der Waals surface area contributed by atoms with Gasteiger partial charge >= 0.3 is 6.09 Å². The van der Waals surface area contributed by atoms with Crippen LogP contribution in [0, 0.1) is 6.92 Å². The van der Waals surface area contributed by atoms with Crippen molar-refractivity contribution >= 4 is 23.3 Å². The molecule has 4 rings (SSSR count). The van der Waals surface area contributed by atoms with Crippen LogP contribution in [0.25, 0.3) is 5.65 Å². The summed E-state index contributed by atoms with van der Waals surface area (Å²) in [4.78, 5) is 18.8. The molecule has 1 fully saturated rings. The molecule has 27 heavy (non-hydrogen) atoms. The number of halogens is 1. The fraction of sp³-hybridized carbons (Fsp3) is 0.350. The second-order valence-corrected chi connectivity index (χ2v) is 7.19. The molecule has 1 saturated heterocycles. The molecule has 1 aliphatic heterocycles. The van der Waals surface area contributed by atoms with E-state index in [9.17, 15) is 4.79 Å². The lowest BCUT2D eigenvalue weighted by molar-refractivity contribution is 0.0668. The quantitative estimate of drug-likeness (QED) is 0.621. The van der Waals surface area contributed by atoms with Crippen LogP contribution in [0.2, 0.25) is 5.15 Å². The van der Waals surface area contributed by atoms with Crippen LogP contribution in [0.1, 0.15) is 42.3 Å². The third kappa shape index (κ3) is 3.76. The van der Waals surface area contributed by atoms with Gasteiger partial charge in [-0.2, -0.15) is 5.10 Å². The number of hydrogen-bond acceptors (Lipinski definition) is 4. The van der Waals surface area contributed by atoms with Crippen LogP contribution in [0.15, 0.2) is 42.5 Å². The average Bonchev–Trinajstić information content (AvgIpc) is 3.11. The van der Waals surface area contributed by atoms with Gasteiger partial charge in [0, 0.05) is 18.3 Å². The Balaban J connectivity index is 1.55. The van der Waals surface area contributed by atoms with E-state index < -0.39 is 0 Å². The van der Waals surface area contributed by atoms with Crippen LogP contribution >= 0.6 is 11.6 Å². The second kappa shape index (κ2) is 7.56. The van der Waals surface area contributed by atoms with Gasteiger partial charge in [-0.25, -0.2) is 14.3 Å². The lowest BCUT2D eigenvalue weighted by atomic mass is 10.00. The van der Waals surface area contributed by atoms with Gasteiger partial charge in [-0.3, -0.25) is 4.90 Å². The summed E-state index contributed by atoms with van der Waals surface area (Å²) in [6, 6.07) is 13.3. The van der Waals surface area contributed by atoms with E-state index in [4.69, 9.17) is 16.3 Å². The molecule has 2 aromatic heterocycles. The Morgan fingerprint density at radius 1 is 1.26 bits per heavy atom. The van der Waals surface area contributed by atoms with Crippen LogP contribution in [0.5, 0.6) is 0 Å². The minimum Gasteiger partial charge on any atom is -0.445 e. The van der Waals surface area contributed by atoms with E-state index in [0.29, 0.717) is 17.3 Å². The average molecular weight is 385 g/mol. The molecule has 1 amide bonds. The zero-order chi connectivity index (χ0) is 18.8. The number of hydrogen-bond donors (Lipinski definition) is 0. The molecule has 0 radical (unpaired) electrons. The highest BCUT2D eigenvalue weighted by Crippen LogP contribution is 2.31. The summed E-state index contributed by atoms with van der Waals surface area (Å²) in [5, 5.41) is 5.11. The smallest absolute Gasteiger partial charge is 0.410 e. The highest BCUT2D eigenvalue weighted by atomic mass is 35.5. The monoisotopic (exact) mass is 384 g/mol. The van der Waals surface area contributed by atoms with Gasteiger partial charge in [-0.15, -0.1) is 0 Å². The first-order chi connectivity index (χ1) is 13.1. The first kappa shape index (κ1) is 17.8. The fourth-order valence-electron chi connectivity index (χ4n) is 3.53. The van der Waals surface area contributed by atoms with Gasteiger partial charge in [-0.1, -0.05) is 41.9 Å². The fourth-order valence-corrected chi connectivity index (χ4v) is 3.77. The topological polar surface area (TPSA) is 59.7 Å². The van der Waals surface area contributed by atoms with Gasteiger partial charge in [-0.05, 0) is 37.8 Å². The number of ether oxygens (including phenoxy) is 1. The van der Waals surface area contributed by atoms with Crippen molar-refractivity contribution in [1.82, 2.24) is 19.5 Å². The molecule has 1 aliphatic rings. The summed E-state index contributed by atoms with van der Waals surface area (Å²) in [5.74, 6) is 0. The van der Waals surface area contributed by atoms with Crippen molar-refractivity contribution in [2.75, 3.05) is 6.54 Å². The van der Waals surface area contributed by atoms with Crippen molar-refractivity contribution in [3.05, 3.63) is 64.6 Å². The van der Waals surface area contributed by atoms with E-state index in [-0.39, 0.29) is 18.7 Å². The number of amides is 1. The van der Waals surface area contributed by atoms with E-state index >= 15 is 0 Å². The van der Waals surface area contributed by atoms with Crippen molar-refractivity contribution in [2.45, 2.75) is 38.8 Å². The summed E-state index contributed by atoms with van der Waals surface area (Å²) in [6.45, 7) is 2.87. The molecule has 0 saturated carbocycles. The maximum atomic E-state index is 12.7. The predicted octanol–water partition coefficient (Wildman–Crippen LogP) is 4.55. The van der Waals surface area contributed by atoms with E-state index in [2.05, 4.69) is 10.1 Å².